The second kappa shape index (κ2) is 4.44. The van der Waals surface area contributed by atoms with Gasteiger partial charge in [0.15, 0.2) is 0 Å². The van der Waals surface area contributed by atoms with Gasteiger partial charge >= 0.3 is 5.97 Å². The SMILES string of the molecule is Cc1ccc(C(O)CC(=O)O)c(Cl)c1. The first-order valence-corrected chi connectivity index (χ1v) is 4.54. The summed E-state index contributed by atoms with van der Waals surface area (Å²) in [6.07, 6.45) is -1.37. The first-order valence-electron chi connectivity index (χ1n) is 4.16. The van der Waals surface area contributed by atoms with E-state index in [0.717, 1.165) is 5.56 Å². The lowest BCUT2D eigenvalue weighted by molar-refractivity contribution is -0.139. The fourth-order valence-electron chi connectivity index (χ4n) is 1.18. The molecule has 0 aliphatic rings. The molecule has 14 heavy (non-hydrogen) atoms. The molecule has 3 nitrogen and oxygen atoms in total. The third-order valence-corrected chi connectivity index (χ3v) is 2.21. The van der Waals surface area contributed by atoms with Crippen LogP contribution in [0.3, 0.4) is 0 Å². The summed E-state index contributed by atoms with van der Waals surface area (Å²) in [5.41, 5.74) is 1.43. The Balaban J connectivity index is 2.90. The molecule has 76 valence electrons. The van der Waals surface area contributed by atoms with E-state index in [4.69, 9.17) is 16.7 Å². The number of benzene rings is 1. The molecule has 0 spiro atoms. The van der Waals surface area contributed by atoms with Gasteiger partial charge in [-0.15, -0.1) is 0 Å². The van der Waals surface area contributed by atoms with Crippen molar-refractivity contribution in [2.45, 2.75) is 19.4 Å². The van der Waals surface area contributed by atoms with Crippen molar-refractivity contribution in [1.82, 2.24) is 0 Å². The Morgan fingerprint density at radius 3 is 2.71 bits per heavy atom. The molecule has 0 fully saturated rings. The van der Waals surface area contributed by atoms with Gasteiger partial charge in [0, 0.05) is 5.02 Å². The maximum atomic E-state index is 10.4. The maximum Gasteiger partial charge on any atom is 0.306 e. The minimum atomic E-state index is -1.05. The van der Waals surface area contributed by atoms with E-state index in [1.54, 1.807) is 18.2 Å². The molecule has 1 atom stereocenters. The minimum Gasteiger partial charge on any atom is -0.481 e. The number of carbonyl (C=O) groups is 1. The van der Waals surface area contributed by atoms with E-state index in [2.05, 4.69) is 0 Å². The lowest BCUT2D eigenvalue weighted by atomic mass is 10.1. The summed E-state index contributed by atoms with van der Waals surface area (Å²) in [7, 11) is 0. The van der Waals surface area contributed by atoms with Crippen molar-refractivity contribution in [3.63, 3.8) is 0 Å². The highest BCUT2D eigenvalue weighted by atomic mass is 35.5. The number of aliphatic hydroxyl groups excluding tert-OH is 1. The van der Waals surface area contributed by atoms with Gasteiger partial charge in [0.25, 0.3) is 0 Å². The molecular weight excluding hydrogens is 204 g/mol. The number of aliphatic hydroxyl groups is 1. The van der Waals surface area contributed by atoms with Crippen molar-refractivity contribution in [3.8, 4) is 0 Å². The Bertz CT molecular complexity index is 349. The number of hydrogen-bond acceptors (Lipinski definition) is 2. The summed E-state index contributed by atoms with van der Waals surface area (Å²) in [6.45, 7) is 1.87. The Morgan fingerprint density at radius 1 is 1.57 bits per heavy atom. The molecule has 0 aromatic heterocycles. The van der Waals surface area contributed by atoms with E-state index in [1.807, 2.05) is 6.92 Å². The Morgan fingerprint density at radius 2 is 2.21 bits per heavy atom. The Labute approximate surface area is 86.9 Å². The zero-order valence-corrected chi connectivity index (χ0v) is 8.45. The lowest BCUT2D eigenvalue weighted by Crippen LogP contribution is -2.05. The van der Waals surface area contributed by atoms with Crippen LogP contribution in [0.4, 0.5) is 0 Å². The fraction of sp³-hybridized carbons (Fsp3) is 0.300. The minimum absolute atomic E-state index is 0.331. The summed E-state index contributed by atoms with van der Waals surface area (Å²) in [4.78, 5) is 10.4. The monoisotopic (exact) mass is 214 g/mol. The largest absolute Gasteiger partial charge is 0.481 e. The Hall–Kier alpha value is -1.06. The molecule has 4 heteroatoms. The molecular formula is C10H11ClO3. The van der Waals surface area contributed by atoms with Gasteiger partial charge in [0.2, 0.25) is 0 Å². The molecule has 2 N–H and O–H groups in total. The van der Waals surface area contributed by atoms with Crippen LogP contribution in [-0.4, -0.2) is 16.2 Å². The number of aryl methyl sites for hydroxylation is 1. The molecule has 0 aliphatic heterocycles. The highest BCUT2D eigenvalue weighted by Crippen LogP contribution is 2.25. The van der Waals surface area contributed by atoms with E-state index >= 15 is 0 Å². The van der Waals surface area contributed by atoms with Gasteiger partial charge < -0.3 is 10.2 Å². The highest BCUT2D eigenvalue weighted by Gasteiger charge is 2.14. The van der Waals surface area contributed by atoms with Crippen LogP contribution in [-0.2, 0) is 4.79 Å². The lowest BCUT2D eigenvalue weighted by Gasteiger charge is -2.10. The van der Waals surface area contributed by atoms with E-state index in [0.29, 0.717) is 10.6 Å². The quantitative estimate of drug-likeness (QED) is 0.811. The summed E-state index contributed by atoms with van der Waals surface area (Å²) < 4.78 is 0. The molecule has 1 aromatic rings. The van der Waals surface area contributed by atoms with Crippen molar-refractivity contribution in [2.75, 3.05) is 0 Å². The van der Waals surface area contributed by atoms with Crippen molar-refractivity contribution in [1.29, 1.82) is 0 Å². The zero-order valence-electron chi connectivity index (χ0n) is 7.70. The van der Waals surface area contributed by atoms with Gasteiger partial charge in [-0.3, -0.25) is 4.79 Å². The van der Waals surface area contributed by atoms with Crippen LogP contribution < -0.4 is 0 Å². The third kappa shape index (κ3) is 2.72. The molecule has 0 bridgehead atoms. The average Bonchev–Trinajstić information content (AvgIpc) is 2.01. The smallest absolute Gasteiger partial charge is 0.306 e. The molecule has 0 radical (unpaired) electrons. The number of rotatable bonds is 3. The number of hydrogen-bond donors (Lipinski definition) is 2. The molecule has 0 heterocycles. The van der Waals surface area contributed by atoms with E-state index < -0.39 is 12.1 Å². The van der Waals surface area contributed by atoms with E-state index in [1.165, 1.54) is 0 Å². The van der Waals surface area contributed by atoms with Crippen molar-refractivity contribution in [3.05, 3.63) is 34.3 Å². The van der Waals surface area contributed by atoms with Gasteiger partial charge in [0.05, 0.1) is 12.5 Å². The molecule has 1 rings (SSSR count). The van der Waals surface area contributed by atoms with Crippen LogP contribution in [0.5, 0.6) is 0 Å². The number of carboxylic acids is 1. The van der Waals surface area contributed by atoms with Crippen LogP contribution in [0.2, 0.25) is 5.02 Å². The van der Waals surface area contributed by atoms with Gasteiger partial charge in [-0.05, 0) is 24.1 Å². The summed E-state index contributed by atoms with van der Waals surface area (Å²) >= 11 is 5.85. The van der Waals surface area contributed by atoms with Gasteiger partial charge in [-0.2, -0.15) is 0 Å². The highest BCUT2D eigenvalue weighted by molar-refractivity contribution is 6.31. The molecule has 0 amide bonds. The van der Waals surface area contributed by atoms with E-state index in [-0.39, 0.29) is 6.42 Å². The molecule has 0 aliphatic carbocycles. The standard InChI is InChI=1S/C10H11ClO3/c1-6-2-3-7(8(11)4-6)9(12)5-10(13)14/h2-4,9,12H,5H2,1H3,(H,13,14). The molecule has 0 saturated carbocycles. The van der Waals surface area contributed by atoms with Gasteiger partial charge in [-0.25, -0.2) is 0 Å². The summed E-state index contributed by atoms with van der Waals surface area (Å²) in [6, 6.07) is 5.12. The number of aliphatic carboxylic acids is 1. The number of carboxylic acid groups (broad SMARTS) is 1. The normalized spacial score (nSPS) is 12.5. The van der Waals surface area contributed by atoms with Crippen molar-refractivity contribution >= 4 is 17.6 Å². The van der Waals surface area contributed by atoms with Crippen LogP contribution in [0.25, 0.3) is 0 Å². The predicted molar refractivity (Wildman–Crippen MR) is 53.4 cm³/mol. The van der Waals surface area contributed by atoms with Crippen molar-refractivity contribution in [2.24, 2.45) is 0 Å². The van der Waals surface area contributed by atoms with Crippen LogP contribution in [0.1, 0.15) is 23.7 Å². The molecule has 1 aromatic carbocycles. The zero-order chi connectivity index (χ0) is 10.7. The fourth-order valence-corrected chi connectivity index (χ4v) is 1.54. The summed E-state index contributed by atoms with van der Waals surface area (Å²) in [5, 5.41) is 18.4. The average molecular weight is 215 g/mol. The second-order valence-electron chi connectivity index (χ2n) is 3.14. The van der Waals surface area contributed by atoms with E-state index in [9.17, 15) is 9.90 Å². The Kier molecular flexibility index (Phi) is 3.49. The maximum absolute atomic E-state index is 10.4. The number of halogens is 1. The van der Waals surface area contributed by atoms with Crippen LogP contribution in [0.15, 0.2) is 18.2 Å². The predicted octanol–water partition coefficient (Wildman–Crippen LogP) is 2.16. The van der Waals surface area contributed by atoms with Crippen LogP contribution >= 0.6 is 11.6 Å². The topological polar surface area (TPSA) is 57.5 Å². The molecule has 1 unspecified atom stereocenters. The first-order chi connectivity index (χ1) is 6.50. The summed E-state index contributed by atoms with van der Waals surface area (Å²) in [5.74, 6) is -1.05. The third-order valence-electron chi connectivity index (χ3n) is 1.88. The molecule has 0 saturated heterocycles. The van der Waals surface area contributed by atoms with Gasteiger partial charge in [-0.1, -0.05) is 23.7 Å². The second-order valence-corrected chi connectivity index (χ2v) is 3.55. The van der Waals surface area contributed by atoms with Crippen LogP contribution in [0, 0.1) is 6.92 Å². The first kappa shape index (κ1) is 11.0. The van der Waals surface area contributed by atoms with Crippen molar-refractivity contribution < 1.29 is 15.0 Å². The van der Waals surface area contributed by atoms with Gasteiger partial charge in [0.1, 0.15) is 0 Å².